The number of carbonyl (C=O) groups is 4. The van der Waals surface area contributed by atoms with Crippen LogP contribution in [0.5, 0.6) is 5.75 Å². The van der Waals surface area contributed by atoms with Gasteiger partial charge in [0.2, 0.25) is 11.8 Å². The van der Waals surface area contributed by atoms with E-state index in [0.29, 0.717) is 12.0 Å². The van der Waals surface area contributed by atoms with Gasteiger partial charge in [0.25, 0.3) is 0 Å². The smallest absolute Gasteiger partial charge is 0.408 e. The maximum atomic E-state index is 14.4. The Morgan fingerprint density at radius 1 is 0.930 bits per heavy atom. The van der Waals surface area contributed by atoms with Crippen LogP contribution in [0, 0.1) is 0 Å². The first-order valence-corrected chi connectivity index (χ1v) is 15.0. The van der Waals surface area contributed by atoms with Crippen LogP contribution in [0.2, 0.25) is 0 Å². The Morgan fingerprint density at radius 3 is 2.21 bits per heavy atom. The maximum absolute atomic E-state index is 14.4. The van der Waals surface area contributed by atoms with Crippen molar-refractivity contribution in [1.29, 1.82) is 0 Å². The molecule has 0 saturated carbocycles. The Balaban J connectivity index is 2.49. The molecular formula is C33H47N3O7. The van der Waals surface area contributed by atoms with Crippen LogP contribution >= 0.6 is 0 Å². The van der Waals surface area contributed by atoms with Gasteiger partial charge in [-0.3, -0.25) is 14.4 Å². The molecule has 0 spiro atoms. The van der Waals surface area contributed by atoms with Gasteiger partial charge in [-0.15, -0.1) is 0 Å². The summed E-state index contributed by atoms with van der Waals surface area (Å²) in [6, 6.07) is 13.3. The van der Waals surface area contributed by atoms with E-state index in [0.717, 1.165) is 24.8 Å². The zero-order valence-corrected chi connectivity index (χ0v) is 26.1. The highest BCUT2D eigenvalue weighted by molar-refractivity contribution is 5.92. The molecular weight excluding hydrogens is 550 g/mol. The molecule has 2 aromatic carbocycles. The first-order valence-electron chi connectivity index (χ1n) is 15.0. The Kier molecular flexibility index (Phi) is 14.5. The summed E-state index contributed by atoms with van der Waals surface area (Å²) in [5, 5.41) is 15.4. The van der Waals surface area contributed by atoms with Crippen molar-refractivity contribution < 1.29 is 33.8 Å². The molecule has 3 N–H and O–H groups in total. The number of amides is 3. The van der Waals surface area contributed by atoms with Crippen LogP contribution in [0.4, 0.5) is 4.79 Å². The number of aromatic hydroxyl groups is 1. The van der Waals surface area contributed by atoms with Gasteiger partial charge < -0.3 is 30.1 Å². The summed E-state index contributed by atoms with van der Waals surface area (Å²) in [5.74, 6) is -1.38. The van der Waals surface area contributed by atoms with Crippen LogP contribution in [0.3, 0.4) is 0 Å². The summed E-state index contributed by atoms with van der Waals surface area (Å²) in [6.45, 7) is 9.50. The van der Waals surface area contributed by atoms with E-state index in [9.17, 15) is 24.3 Å². The minimum atomic E-state index is -1.09. The molecule has 0 radical (unpaired) electrons. The van der Waals surface area contributed by atoms with Gasteiger partial charge in [0.1, 0.15) is 23.4 Å². The zero-order valence-electron chi connectivity index (χ0n) is 26.1. The third-order valence-electron chi connectivity index (χ3n) is 6.51. The molecule has 0 aromatic heterocycles. The lowest BCUT2D eigenvalue weighted by Gasteiger charge is -2.34. The third-order valence-corrected chi connectivity index (χ3v) is 6.51. The molecule has 2 aromatic rings. The molecule has 43 heavy (non-hydrogen) atoms. The average Bonchev–Trinajstić information content (AvgIpc) is 2.94. The maximum Gasteiger partial charge on any atom is 0.408 e. The van der Waals surface area contributed by atoms with Crippen molar-refractivity contribution in [3.05, 3.63) is 65.7 Å². The fourth-order valence-corrected chi connectivity index (χ4v) is 4.52. The number of hydrogen-bond acceptors (Lipinski definition) is 7. The number of esters is 1. The number of phenols is 1. The van der Waals surface area contributed by atoms with E-state index in [1.165, 1.54) is 17.0 Å². The van der Waals surface area contributed by atoms with Crippen molar-refractivity contribution in [2.75, 3.05) is 19.7 Å². The summed E-state index contributed by atoms with van der Waals surface area (Å²) >= 11 is 0. The van der Waals surface area contributed by atoms with E-state index in [2.05, 4.69) is 17.6 Å². The largest absolute Gasteiger partial charge is 0.508 e. The monoisotopic (exact) mass is 597 g/mol. The molecule has 10 nitrogen and oxygen atoms in total. The number of benzene rings is 2. The molecule has 10 heteroatoms. The van der Waals surface area contributed by atoms with Gasteiger partial charge in [-0.25, -0.2) is 4.79 Å². The summed E-state index contributed by atoms with van der Waals surface area (Å²) in [5.41, 5.74) is 0.520. The first kappa shape index (κ1) is 35.1. The van der Waals surface area contributed by atoms with Crippen LogP contribution in [-0.4, -0.2) is 65.2 Å². The van der Waals surface area contributed by atoms with Crippen molar-refractivity contribution in [1.82, 2.24) is 15.5 Å². The Hall–Kier alpha value is -4.08. The molecule has 0 fully saturated rings. The highest BCUT2D eigenvalue weighted by Crippen LogP contribution is 2.26. The summed E-state index contributed by atoms with van der Waals surface area (Å²) < 4.78 is 10.4. The molecule has 0 aliphatic rings. The first-order chi connectivity index (χ1) is 20.4. The number of phenolic OH excluding ortho intramolecular Hbond substituents is 1. The molecule has 2 rings (SSSR count). The number of hydrogen-bond donors (Lipinski definition) is 3. The molecule has 236 valence electrons. The van der Waals surface area contributed by atoms with Crippen molar-refractivity contribution >= 4 is 23.9 Å². The van der Waals surface area contributed by atoms with Crippen LogP contribution in [0.15, 0.2) is 54.6 Å². The van der Waals surface area contributed by atoms with Crippen molar-refractivity contribution in [3.8, 4) is 5.75 Å². The third kappa shape index (κ3) is 12.8. The summed E-state index contributed by atoms with van der Waals surface area (Å²) in [4.78, 5) is 54.5. The van der Waals surface area contributed by atoms with Gasteiger partial charge in [-0.2, -0.15) is 0 Å². The number of rotatable bonds is 16. The summed E-state index contributed by atoms with van der Waals surface area (Å²) in [7, 11) is 0. The molecule has 3 amide bonds. The van der Waals surface area contributed by atoms with Gasteiger partial charge in [0.05, 0.1) is 13.0 Å². The lowest BCUT2D eigenvalue weighted by molar-refractivity contribution is -0.144. The Labute approximate surface area is 255 Å². The number of ether oxygens (including phenoxy) is 2. The van der Waals surface area contributed by atoms with E-state index in [1.54, 1.807) is 39.8 Å². The normalized spacial score (nSPS) is 12.5. The molecule has 0 saturated heterocycles. The van der Waals surface area contributed by atoms with E-state index >= 15 is 0 Å². The van der Waals surface area contributed by atoms with Gasteiger partial charge in [0, 0.05) is 19.5 Å². The molecule has 2 unspecified atom stereocenters. The van der Waals surface area contributed by atoms with E-state index in [1.807, 2.05) is 30.3 Å². The second-order valence-corrected chi connectivity index (χ2v) is 11.3. The van der Waals surface area contributed by atoms with Gasteiger partial charge in [0.15, 0.2) is 0 Å². The quantitative estimate of drug-likeness (QED) is 0.182. The van der Waals surface area contributed by atoms with Crippen LogP contribution in [0.25, 0.3) is 0 Å². The lowest BCUT2D eigenvalue weighted by atomic mass is 9.99. The molecule has 0 aliphatic carbocycles. The van der Waals surface area contributed by atoms with Crippen LogP contribution in [0.1, 0.15) is 83.9 Å². The Morgan fingerprint density at radius 2 is 1.60 bits per heavy atom. The second kappa shape index (κ2) is 17.8. The average molecular weight is 598 g/mol. The van der Waals surface area contributed by atoms with Gasteiger partial charge in [-0.1, -0.05) is 68.7 Å². The minimum Gasteiger partial charge on any atom is -0.508 e. The summed E-state index contributed by atoms with van der Waals surface area (Å²) in [6.07, 6.45) is 2.83. The van der Waals surface area contributed by atoms with Crippen molar-refractivity contribution in [2.24, 2.45) is 0 Å². The number of nitrogens with one attached hydrogen (secondary N) is 2. The Bertz CT molecular complexity index is 1160. The fraction of sp³-hybridized carbons (Fsp3) is 0.515. The number of carbonyl (C=O) groups excluding carboxylic acids is 4. The number of unbranched alkanes of at least 4 members (excludes halogenated alkanes) is 3. The SMILES string of the molecule is CCCCCCN(C(=O)C(Cc1ccccc1)NC(=O)OC(C)(C)C)C(C(=O)NCCC(=O)OCC)c1ccc(O)cc1. The standard InChI is InChI=1S/C33H47N3O7/c1-6-8-9-13-22-36(29(25-16-18-26(37)19-17-25)30(39)34-21-20-28(38)42-7-2)31(40)27(23-24-14-11-10-12-15-24)35-32(41)43-33(3,4)5/h10-12,14-19,27,29,37H,6-9,13,20-23H2,1-5H3,(H,34,39)(H,35,41). The lowest BCUT2D eigenvalue weighted by Crippen LogP contribution is -2.54. The molecule has 2 atom stereocenters. The van der Waals surface area contributed by atoms with Crippen molar-refractivity contribution in [3.63, 3.8) is 0 Å². The van der Waals surface area contributed by atoms with Crippen LogP contribution < -0.4 is 10.6 Å². The molecule has 0 bridgehead atoms. The highest BCUT2D eigenvalue weighted by atomic mass is 16.6. The molecule has 0 aliphatic heterocycles. The van der Waals surface area contributed by atoms with Gasteiger partial charge >= 0.3 is 12.1 Å². The van der Waals surface area contributed by atoms with E-state index in [4.69, 9.17) is 9.47 Å². The fourth-order valence-electron chi connectivity index (χ4n) is 4.52. The highest BCUT2D eigenvalue weighted by Gasteiger charge is 2.36. The zero-order chi connectivity index (χ0) is 31.8. The van der Waals surface area contributed by atoms with Crippen LogP contribution in [-0.2, 0) is 30.3 Å². The van der Waals surface area contributed by atoms with E-state index in [-0.39, 0.29) is 38.3 Å². The number of nitrogens with zero attached hydrogens (tertiary/aromatic N) is 1. The van der Waals surface area contributed by atoms with E-state index < -0.39 is 41.6 Å². The molecule has 0 heterocycles. The second-order valence-electron chi connectivity index (χ2n) is 11.3. The number of alkyl carbamates (subject to hydrolysis) is 1. The minimum absolute atomic E-state index is 0.0135. The predicted octanol–water partition coefficient (Wildman–Crippen LogP) is 5.05. The van der Waals surface area contributed by atoms with Gasteiger partial charge in [-0.05, 0) is 57.4 Å². The van der Waals surface area contributed by atoms with Crippen molar-refractivity contribution in [2.45, 2.75) is 90.8 Å². The topological polar surface area (TPSA) is 134 Å². The predicted molar refractivity (Wildman–Crippen MR) is 164 cm³/mol.